The van der Waals surface area contributed by atoms with E-state index in [2.05, 4.69) is 19.2 Å². The first kappa shape index (κ1) is 15.9. The lowest BCUT2D eigenvalue weighted by atomic mass is 10.00. The van der Waals surface area contributed by atoms with E-state index in [4.69, 9.17) is 11.6 Å². The van der Waals surface area contributed by atoms with Crippen molar-refractivity contribution in [2.75, 3.05) is 6.54 Å². The summed E-state index contributed by atoms with van der Waals surface area (Å²) in [4.78, 5) is 0. The maximum atomic E-state index is 13.4. The van der Waals surface area contributed by atoms with Crippen molar-refractivity contribution >= 4 is 11.6 Å². The number of halogens is 3. The number of rotatable bonds is 5. The van der Waals surface area contributed by atoms with Gasteiger partial charge in [0.05, 0.1) is 5.02 Å². The summed E-state index contributed by atoms with van der Waals surface area (Å²) >= 11 is 6.03. The van der Waals surface area contributed by atoms with Crippen LogP contribution in [-0.4, -0.2) is 6.54 Å². The Bertz CT molecular complexity index is 628. The molecule has 0 saturated carbocycles. The SMILES string of the molecule is CCCNC(C)c1cccc(-c2cc(F)c(F)cc2Cl)c1. The molecule has 2 aromatic carbocycles. The van der Waals surface area contributed by atoms with E-state index in [1.54, 1.807) is 0 Å². The third-order valence-electron chi connectivity index (χ3n) is 3.41. The zero-order valence-corrected chi connectivity index (χ0v) is 12.8. The van der Waals surface area contributed by atoms with Gasteiger partial charge < -0.3 is 5.32 Å². The Morgan fingerprint density at radius 2 is 1.86 bits per heavy atom. The molecule has 0 aromatic heterocycles. The average molecular weight is 310 g/mol. The Labute approximate surface area is 128 Å². The van der Waals surface area contributed by atoms with Gasteiger partial charge in [0.2, 0.25) is 0 Å². The van der Waals surface area contributed by atoms with Crippen molar-refractivity contribution in [1.29, 1.82) is 0 Å². The number of hydrogen-bond donors (Lipinski definition) is 1. The molecule has 0 aliphatic rings. The second kappa shape index (κ2) is 7.01. The minimum Gasteiger partial charge on any atom is -0.310 e. The van der Waals surface area contributed by atoms with Crippen LogP contribution in [0.3, 0.4) is 0 Å². The van der Waals surface area contributed by atoms with Crippen LogP contribution in [0.2, 0.25) is 5.02 Å². The van der Waals surface area contributed by atoms with Crippen LogP contribution in [0.25, 0.3) is 11.1 Å². The lowest BCUT2D eigenvalue weighted by molar-refractivity contribution is 0.509. The average Bonchev–Trinajstić information content (AvgIpc) is 2.48. The Balaban J connectivity index is 2.35. The summed E-state index contributed by atoms with van der Waals surface area (Å²) in [5.41, 5.74) is 2.36. The van der Waals surface area contributed by atoms with Crippen LogP contribution < -0.4 is 5.32 Å². The van der Waals surface area contributed by atoms with Gasteiger partial charge in [-0.25, -0.2) is 8.78 Å². The second-order valence-electron chi connectivity index (χ2n) is 5.05. The van der Waals surface area contributed by atoms with Crippen molar-refractivity contribution in [1.82, 2.24) is 5.32 Å². The fourth-order valence-corrected chi connectivity index (χ4v) is 2.46. The monoisotopic (exact) mass is 309 g/mol. The zero-order valence-electron chi connectivity index (χ0n) is 12.1. The maximum absolute atomic E-state index is 13.4. The molecule has 1 unspecified atom stereocenters. The van der Waals surface area contributed by atoms with E-state index in [9.17, 15) is 8.78 Å². The molecule has 0 saturated heterocycles. The summed E-state index contributed by atoms with van der Waals surface area (Å²) in [6.45, 7) is 5.11. The molecule has 1 nitrogen and oxygen atoms in total. The van der Waals surface area contributed by atoms with Gasteiger partial charge >= 0.3 is 0 Å². The first-order valence-corrected chi connectivity index (χ1v) is 7.39. The van der Waals surface area contributed by atoms with E-state index in [1.807, 2.05) is 24.3 Å². The molecule has 0 spiro atoms. The van der Waals surface area contributed by atoms with E-state index in [0.29, 0.717) is 5.56 Å². The Hall–Kier alpha value is -1.45. The van der Waals surface area contributed by atoms with Crippen LogP contribution in [-0.2, 0) is 0 Å². The Morgan fingerprint density at radius 3 is 2.57 bits per heavy atom. The van der Waals surface area contributed by atoms with Crippen molar-refractivity contribution in [3.05, 3.63) is 58.6 Å². The number of nitrogens with one attached hydrogen (secondary N) is 1. The van der Waals surface area contributed by atoms with Crippen molar-refractivity contribution in [2.45, 2.75) is 26.3 Å². The van der Waals surface area contributed by atoms with Crippen LogP contribution >= 0.6 is 11.6 Å². The smallest absolute Gasteiger partial charge is 0.160 e. The van der Waals surface area contributed by atoms with Gasteiger partial charge in [0.15, 0.2) is 11.6 Å². The normalized spacial score (nSPS) is 12.4. The quantitative estimate of drug-likeness (QED) is 0.734. The number of hydrogen-bond acceptors (Lipinski definition) is 1. The van der Waals surface area contributed by atoms with Crippen LogP contribution in [0, 0.1) is 11.6 Å². The third kappa shape index (κ3) is 3.80. The highest BCUT2D eigenvalue weighted by Gasteiger charge is 2.12. The van der Waals surface area contributed by atoms with Crippen LogP contribution in [0.5, 0.6) is 0 Å². The van der Waals surface area contributed by atoms with E-state index in [-0.39, 0.29) is 11.1 Å². The molecule has 0 aliphatic carbocycles. The topological polar surface area (TPSA) is 12.0 Å². The van der Waals surface area contributed by atoms with E-state index >= 15 is 0 Å². The molecule has 2 aromatic rings. The van der Waals surface area contributed by atoms with Crippen LogP contribution in [0.4, 0.5) is 8.78 Å². The predicted molar refractivity (Wildman–Crippen MR) is 83.5 cm³/mol. The van der Waals surface area contributed by atoms with E-state index in [1.165, 1.54) is 0 Å². The standard InChI is InChI=1S/C17H18ClF2N/c1-3-7-21-11(2)12-5-4-6-13(8-12)14-9-16(19)17(20)10-15(14)18/h4-6,8-11,21H,3,7H2,1-2H3. The summed E-state index contributed by atoms with van der Waals surface area (Å²) in [7, 11) is 0. The molecule has 0 heterocycles. The molecule has 0 radical (unpaired) electrons. The summed E-state index contributed by atoms with van der Waals surface area (Å²) in [6.07, 6.45) is 1.05. The first-order chi connectivity index (χ1) is 10.0. The molecular formula is C17H18ClF2N. The lowest BCUT2D eigenvalue weighted by Gasteiger charge is -2.15. The molecule has 0 bridgehead atoms. The van der Waals surface area contributed by atoms with Crippen molar-refractivity contribution in [3.8, 4) is 11.1 Å². The molecule has 0 fully saturated rings. The molecule has 4 heteroatoms. The minimum absolute atomic E-state index is 0.189. The summed E-state index contributed by atoms with van der Waals surface area (Å²) in [5, 5.41) is 3.60. The molecule has 1 N–H and O–H groups in total. The van der Waals surface area contributed by atoms with Crippen molar-refractivity contribution < 1.29 is 8.78 Å². The molecule has 21 heavy (non-hydrogen) atoms. The summed E-state index contributed by atoms with van der Waals surface area (Å²) in [6, 6.07) is 10.0. The van der Waals surface area contributed by atoms with Gasteiger partial charge in [0.25, 0.3) is 0 Å². The van der Waals surface area contributed by atoms with Crippen molar-refractivity contribution in [3.63, 3.8) is 0 Å². The lowest BCUT2D eigenvalue weighted by Crippen LogP contribution is -2.19. The summed E-state index contributed by atoms with van der Waals surface area (Å²) < 4.78 is 26.6. The molecule has 0 amide bonds. The highest BCUT2D eigenvalue weighted by molar-refractivity contribution is 6.33. The molecule has 0 aliphatic heterocycles. The van der Waals surface area contributed by atoms with Gasteiger partial charge in [0.1, 0.15) is 0 Å². The Morgan fingerprint density at radius 1 is 1.14 bits per heavy atom. The fraction of sp³-hybridized carbons (Fsp3) is 0.294. The highest BCUT2D eigenvalue weighted by atomic mass is 35.5. The maximum Gasteiger partial charge on any atom is 0.160 e. The van der Waals surface area contributed by atoms with E-state index < -0.39 is 11.6 Å². The van der Waals surface area contributed by atoms with Gasteiger partial charge in [-0.3, -0.25) is 0 Å². The zero-order chi connectivity index (χ0) is 15.4. The van der Waals surface area contributed by atoms with Crippen LogP contribution in [0.1, 0.15) is 31.9 Å². The molecular weight excluding hydrogens is 292 g/mol. The first-order valence-electron chi connectivity index (χ1n) is 7.01. The van der Waals surface area contributed by atoms with Crippen molar-refractivity contribution in [2.24, 2.45) is 0 Å². The van der Waals surface area contributed by atoms with Gasteiger partial charge in [-0.2, -0.15) is 0 Å². The second-order valence-corrected chi connectivity index (χ2v) is 5.45. The predicted octanol–water partition coefficient (Wildman–Crippen LogP) is 5.35. The molecule has 1 atom stereocenters. The van der Waals surface area contributed by atoms with E-state index in [0.717, 1.165) is 36.2 Å². The van der Waals surface area contributed by atoms with Crippen LogP contribution in [0.15, 0.2) is 36.4 Å². The third-order valence-corrected chi connectivity index (χ3v) is 3.72. The summed E-state index contributed by atoms with van der Waals surface area (Å²) in [5.74, 6) is -1.82. The minimum atomic E-state index is -0.933. The fourth-order valence-electron chi connectivity index (χ4n) is 2.20. The highest BCUT2D eigenvalue weighted by Crippen LogP contribution is 2.31. The molecule has 2 rings (SSSR count). The number of benzene rings is 2. The van der Waals surface area contributed by atoms with Gasteiger partial charge in [0, 0.05) is 11.6 Å². The molecule has 112 valence electrons. The van der Waals surface area contributed by atoms with Gasteiger partial charge in [-0.1, -0.05) is 36.7 Å². The largest absolute Gasteiger partial charge is 0.310 e. The van der Waals surface area contributed by atoms with Gasteiger partial charge in [-0.15, -0.1) is 0 Å². The Kier molecular flexibility index (Phi) is 5.32. The van der Waals surface area contributed by atoms with Gasteiger partial charge in [-0.05, 0) is 49.2 Å².